The minimum Gasteiger partial charge on any atom is -0.443 e. The Morgan fingerprint density at radius 3 is 2.42 bits per heavy atom. The van der Waals surface area contributed by atoms with Crippen molar-refractivity contribution in [3.63, 3.8) is 0 Å². The van der Waals surface area contributed by atoms with Gasteiger partial charge >= 0.3 is 6.09 Å². The molecule has 0 aliphatic heterocycles. The van der Waals surface area contributed by atoms with Gasteiger partial charge in [-0.2, -0.15) is 0 Å². The molecule has 0 aliphatic carbocycles. The molecule has 3 heteroatoms. The molecular weight excluding hydrogens is 298 g/mol. The van der Waals surface area contributed by atoms with E-state index in [1.165, 1.54) is 5.56 Å². The summed E-state index contributed by atoms with van der Waals surface area (Å²) in [5.74, 6) is 0. The molecule has 1 heterocycles. The largest absolute Gasteiger partial charge is 0.443 e. The molecule has 2 aromatic rings. The Kier molecular flexibility index (Phi) is 5.87. The van der Waals surface area contributed by atoms with Crippen LogP contribution in [0.1, 0.15) is 63.1 Å². The van der Waals surface area contributed by atoms with Crippen LogP contribution in [0.3, 0.4) is 0 Å². The maximum atomic E-state index is 12.8. The minimum absolute atomic E-state index is 0.271. The Labute approximate surface area is 145 Å². The van der Waals surface area contributed by atoms with Gasteiger partial charge in [-0.25, -0.2) is 4.79 Å². The lowest BCUT2D eigenvalue weighted by molar-refractivity contribution is 0.0528. The Hall–Kier alpha value is -2.03. The second-order valence-corrected chi connectivity index (χ2v) is 7.35. The highest BCUT2D eigenvalue weighted by Gasteiger charge is 2.23. The quantitative estimate of drug-likeness (QED) is 0.724. The standard InChI is InChI=1S/C21H29NO2/c1-6-7-13-18-14-16(2)19(15-17-11-9-8-10-12-17)22(18)20(23)24-21(3,4)5/h8-12,14H,6-7,13,15H2,1-5H3. The first-order valence-electron chi connectivity index (χ1n) is 8.79. The third kappa shape index (κ3) is 4.73. The van der Waals surface area contributed by atoms with Crippen LogP contribution in [0.15, 0.2) is 36.4 Å². The molecule has 0 N–H and O–H groups in total. The van der Waals surface area contributed by atoms with Gasteiger partial charge in [-0.3, -0.25) is 4.57 Å². The van der Waals surface area contributed by atoms with E-state index in [-0.39, 0.29) is 6.09 Å². The van der Waals surface area contributed by atoms with Gasteiger partial charge in [-0.05, 0) is 57.7 Å². The van der Waals surface area contributed by atoms with Crippen molar-refractivity contribution in [3.05, 3.63) is 58.9 Å². The first kappa shape index (κ1) is 18.3. The molecule has 0 aliphatic rings. The third-order valence-electron chi connectivity index (χ3n) is 3.97. The molecule has 0 atom stereocenters. The smallest absolute Gasteiger partial charge is 0.418 e. The monoisotopic (exact) mass is 327 g/mol. The molecule has 0 bridgehead atoms. The molecule has 2 rings (SSSR count). The zero-order chi connectivity index (χ0) is 17.7. The summed E-state index contributed by atoms with van der Waals surface area (Å²) in [7, 11) is 0. The number of carbonyl (C=O) groups is 1. The fraction of sp³-hybridized carbons (Fsp3) is 0.476. The summed E-state index contributed by atoms with van der Waals surface area (Å²) in [4.78, 5) is 12.8. The van der Waals surface area contributed by atoms with Gasteiger partial charge in [0.05, 0.1) is 0 Å². The van der Waals surface area contributed by atoms with Gasteiger partial charge in [0.25, 0.3) is 0 Å². The van der Waals surface area contributed by atoms with Crippen LogP contribution >= 0.6 is 0 Å². The number of ether oxygens (including phenoxy) is 1. The van der Waals surface area contributed by atoms with E-state index < -0.39 is 5.60 Å². The Bertz CT molecular complexity index is 678. The summed E-state index contributed by atoms with van der Waals surface area (Å²) >= 11 is 0. The van der Waals surface area contributed by atoms with Crippen LogP contribution in [0.4, 0.5) is 4.79 Å². The van der Waals surface area contributed by atoms with Gasteiger partial charge in [0.2, 0.25) is 0 Å². The molecule has 0 saturated heterocycles. The van der Waals surface area contributed by atoms with Gasteiger partial charge in [0, 0.05) is 17.8 Å². The van der Waals surface area contributed by atoms with Gasteiger partial charge in [0.15, 0.2) is 0 Å². The molecule has 0 fully saturated rings. The van der Waals surface area contributed by atoms with Crippen molar-refractivity contribution in [2.45, 2.75) is 65.9 Å². The highest BCUT2D eigenvalue weighted by molar-refractivity contribution is 5.74. The fourth-order valence-electron chi connectivity index (χ4n) is 2.83. The molecule has 3 nitrogen and oxygen atoms in total. The first-order chi connectivity index (χ1) is 11.3. The van der Waals surface area contributed by atoms with E-state index in [0.717, 1.165) is 42.6 Å². The molecule has 1 aromatic heterocycles. The topological polar surface area (TPSA) is 31.2 Å². The fourth-order valence-corrected chi connectivity index (χ4v) is 2.83. The average molecular weight is 327 g/mol. The Morgan fingerprint density at radius 1 is 1.17 bits per heavy atom. The number of carbonyl (C=O) groups excluding carboxylic acids is 1. The number of benzene rings is 1. The van der Waals surface area contributed by atoms with Crippen molar-refractivity contribution < 1.29 is 9.53 Å². The van der Waals surface area contributed by atoms with Gasteiger partial charge < -0.3 is 4.74 Å². The SMILES string of the molecule is CCCCc1cc(C)c(Cc2ccccc2)n1C(=O)OC(C)(C)C. The van der Waals surface area contributed by atoms with Crippen molar-refractivity contribution in [2.75, 3.05) is 0 Å². The van der Waals surface area contributed by atoms with Crippen LogP contribution < -0.4 is 0 Å². The Balaban J connectivity index is 2.40. The molecule has 0 unspecified atom stereocenters. The van der Waals surface area contributed by atoms with E-state index in [1.807, 2.05) is 39.0 Å². The highest BCUT2D eigenvalue weighted by Crippen LogP contribution is 2.23. The number of unbranched alkanes of at least 4 members (excludes halogenated alkanes) is 1. The van der Waals surface area contributed by atoms with Gasteiger partial charge in [-0.15, -0.1) is 0 Å². The molecular formula is C21H29NO2. The molecule has 0 radical (unpaired) electrons. The highest BCUT2D eigenvalue weighted by atomic mass is 16.6. The molecule has 24 heavy (non-hydrogen) atoms. The lowest BCUT2D eigenvalue weighted by Crippen LogP contribution is -2.29. The Morgan fingerprint density at radius 2 is 1.83 bits per heavy atom. The maximum absolute atomic E-state index is 12.8. The molecule has 0 saturated carbocycles. The van der Waals surface area contributed by atoms with Crippen LogP contribution in [-0.4, -0.2) is 16.3 Å². The zero-order valence-electron chi connectivity index (χ0n) is 15.6. The number of aryl methyl sites for hydroxylation is 2. The van der Waals surface area contributed by atoms with E-state index in [2.05, 4.69) is 32.0 Å². The average Bonchev–Trinajstić information content (AvgIpc) is 2.80. The second-order valence-electron chi connectivity index (χ2n) is 7.35. The van der Waals surface area contributed by atoms with E-state index in [4.69, 9.17) is 4.74 Å². The third-order valence-corrected chi connectivity index (χ3v) is 3.97. The van der Waals surface area contributed by atoms with E-state index in [9.17, 15) is 4.79 Å². The van der Waals surface area contributed by atoms with Crippen molar-refractivity contribution in [1.29, 1.82) is 0 Å². The molecule has 0 amide bonds. The molecule has 0 spiro atoms. The maximum Gasteiger partial charge on any atom is 0.418 e. The van der Waals surface area contributed by atoms with E-state index >= 15 is 0 Å². The lowest BCUT2D eigenvalue weighted by Gasteiger charge is -2.22. The summed E-state index contributed by atoms with van der Waals surface area (Å²) in [5, 5.41) is 0. The number of nitrogens with zero attached hydrogens (tertiary/aromatic N) is 1. The van der Waals surface area contributed by atoms with Crippen LogP contribution in [0.5, 0.6) is 0 Å². The summed E-state index contributed by atoms with van der Waals surface area (Å²) < 4.78 is 7.46. The van der Waals surface area contributed by atoms with Gasteiger partial charge in [-0.1, -0.05) is 43.7 Å². The van der Waals surface area contributed by atoms with Crippen molar-refractivity contribution in [3.8, 4) is 0 Å². The number of aromatic nitrogens is 1. The minimum atomic E-state index is -0.499. The van der Waals surface area contributed by atoms with Crippen molar-refractivity contribution in [2.24, 2.45) is 0 Å². The van der Waals surface area contributed by atoms with Crippen LogP contribution in [-0.2, 0) is 17.6 Å². The molecule has 1 aromatic carbocycles. The van der Waals surface area contributed by atoms with E-state index in [0.29, 0.717) is 0 Å². The predicted molar refractivity (Wildman–Crippen MR) is 98.7 cm³/mol. The lowest BCUT2D eigenvalue weighted by atomic mass is 10.1. The zero-order valence-corrected chi connectivity index (χ0v) is 15.6. The van der Waals surface area contributed by atoms with Crippen molar-refractivity contribution in [1.82, 2.24) is 4.57 Å². The number of rotatable bonds is 5. The van der Waals surface area contributed by atoms with Crippen LogP contribution in [0.25, 0.3) is 0 Å². The van der Waals surface area contributed by atoms with Gasteiger partial charge in [0.1, 0.15) is 5.60 Å². The molecule has 130 valence electrons. The first-order valence-corrected chi connectivity index (χ1v) is 8.79. The van der Waals surface area contributed by atoms with Crippen LogP contribution in [0, 0.1) is 6.92 Å². The number of hydrogen-bond acceptors (Lipinski definition) is 2. The summed E-state index contributed by atoms with van der Waals surface area (Å²) in [6, 6.07) is 12.4. The summed E-state index contributed by atoms with van der Waals surface area (Å²) in [5.41, 5.74) is 3.93. The van der Waals surface area contributed by atoms with Crippen molar-refractivity contribution >= 4 is 6.09 Å². The predicted octanol–water partition coefficient (Wildman–Crippen LogP) is 5.51. The second kappa shape index (κ2) is 7.69. The van der Waals surface area contributed by atoms with Crippen LogP contribution in [0.2, 0.25) is 0 Å². The summed E-state index contributed by atoms with van der Waals surface area (Å²) in [6.45, 7) is 9.96. The number of hydrogen-bond donors (Lipinski definition) is 0. The summed E-state index contributed by atoms with van der Waals surface area (Å²) in [6.07, 6.45) is 3.53. The normalized spacial score (nSPS) is 11.5. The van der Waals surface area contributed by atoms with E-state index in [1.54, 1.807) is 4.57 Å².